The molecule has 0 spiro atoms. The maximum Gasteiger partial charge on any atom is 0.304 e. The van der Waals surface area contributed by atoms with Crippen LogP contribution in [-0.4, -0.2) is 39.8 Å². The summed E-state index contributed by atoms with van der Waals surface area (Å²) < 4.78 is 6.86. The zero-order valence-corrected chi connectivity index (χ0v) is 45.9. The third kappa shape index (κ3) is 31.4. The van der Waals surface area contributed by atoms with Gasteiger partial charge in [0.15, 0.2) is 0 Å². The van der Waals surface area contributed by atoms with E-state index in [0.29, 0.717) is 36.3 Å². The molecule has 1 aromatic carbocycles. The zero-order chi connectivity index (χ0) is 49.3. The van der Waals surface area contributed by atoms with Crippen molar-refractivity contribution in [2.45, 2.75) is 300 Å². The minimum absolute atomic E-state index is 0.218. The Balaban J connectivity index is 3.53. The quantitative estimate of drug-likeness (QED) is 0.0284. The van der Waals surface area contributed by atoms with E-state index in [1.807, 2.05) is 0 Å². The number of ether oxygens (including phenoxy) is 1. The number of hydrogen-bond donors (Lipinski definition) is 6. The van der Waals surface area contributed by atoms with E-state index < -0.39 is 33.7 Å². The number of thiol groups is 3. The fourth-order valence-electron chi connectivity index (χ4n) is 9.90. The number of carbonyl (C=O) groups is 3. The highest BCUT2D eigenvalue weighted by Gasteiger charge is 2.34. The van der Waals surface area contributed by atoms with Gasteiger partial charge >= 0.3 is 17.9 Å². The van der Waals surface area contributed by atoms with Gasteiger partial charge in [-0.3, -0.25) is 14.4 Å². The number of carboxylic acid groups (broad SMARTS) is 3. The van der Waals surface area contributed by atoms with Crippen molar-refractivity contribution < 1.29 is 34.4 Å². The molecule has 0 aromatic heterocycles. The summed E-state index contributed by atoms with van der Waals surface area (Å²) in [6, 6.07) is 0. The molecular formula is C57H102O7S3. The minimum atomic E-state index is -0.993. The average Bonchev–Trinajstić information content (AvgIpc) is 3.27. The van der Waals surface area contributed by atoms with Crippen molar-refractivity contribution in [3.05, 3.63) is 27.8 Å². The van der Waals surface area contributed by atoms with Gasteiger partial charge in [-0.1, -0.05) is 233 Å². The van der Waals surface area contributed by atoms with Crippen molar-refractivity contribution in [2.24, 2.45) is 0 Å². The summed E-state index contributed by atoms with van der Waals surface area (Å²) in [6.45, 7) is 7.17. The SMILES string of the molecule is CCCCCCCCCCCCCCOc1c(C(S)CC(=O)O)c(CCCCCCCCCCCCCC)c(C(S)CC(=O)O)c(CCCCCCCCCCCCCC)c1C(S)CC(=O)O. The molecule has 390 valence electrons. The van der Waals surface area contributed by atoms with E-state index in [2.05, 4.69) is 20.8 Å². The Bertz CT molecular complexity index is 1330. The summed E-state index contributed by atoms with van der Waals surface area (Å²) in [6.07, 6.45) is 44.0. The second-order valence-electron chi connectivity index (χ2n) is 19.9. The van der Waals surface area contributed by atoms with Crippen molar-refractivity contribution in [3.63, 3.8) is 0 Å². The van der Waals surface area contributed by atoms with Gasteiger partial charge in [0.2, 0.25) is 0 Å². The Labute approximate surface area is 427 Å². The summed E-state index contributed by atoms with van der Waals surface area (Å²) in [5, 5.41) is 28.3. The molecule has 67 heavy (non-hydrogen) atoms. The van der Waals surface area contributed by atoms with Gasteiger partial charge in [0, 0.05) is 26.9 Å². The lowest BCUT2D eigenvalue weighted by molar-refractivity contribution is -0.138. The number of benzene rings is 1. The molecule has 1 rings (SSSR count). The van der Waals surface area contributed by atoms with Gasteiger partial charge in [-0.25, -0.2) is 0 Å². The van der Waals surface area contributed by atoms with Gasteiger partial charge < -0.3 is 20.1 Å². The highest BCUT2D eigenvalue weighted by atomic mass is 32.1. The fourth-order valence-corrected chi connectivity index (χ4v) is 11.2. The van der Waals surface area contributed by atoms with Crippen LogP contribution in [0.25, 0.3) is 0 Å². The number of aliphatic carboxylic acids is 3. The Morgan fingerprint density at radius 2 is 0.582 bits per heavy atom. The van der Waals surface area contributed by atoms with E-state index >= 15 is 0 Å². The first-order valence-electron chi connectivity index (χ1n) is 28.0. The zero-order valence-electron chi connectivity index (χ0n) is 43.2. The van der Waals surface area contributed by atoms with Crippen molar-refractivity contribution >= 4 is 55.8 Å². The van der Waals surface area contributed by atoms with Crippen molar-refractivity contribution in [2.75, 3.05) is 6.61 Å². The molecule has 3 atom stereocenters. The molecule has 0 fully saturated rings. The molecule has 0 aliphatic rings. The van der Waals surface area contributed by atoms with Crippen LogP contribution in [-0.2, 0) is 27.2 Å². The molecule has 0 aliphatic carbocycles. The Kier molecular flexibility index (Phi) is 41.0. The lowest BCUT2D eigenvalue weighted by Crippen LogP contribution is -2.19. The van der Waals surface area contributed by atoms with Gasteiger partial charge in [0.1, 0.15) is 5.75 Å². The lowest BCUT2D eigenvalue weighted by atomic mass is 9.80. The maximum absolute atomic E-state index is 12.4. The topological polar surface area (TPSA) is 121 Å². The van der Waals surface area contributed by atoms with Crippen LogP contribution in [0.4, 0.5) is 0 Å². The first-order valence-corrected chi connectivity index (χ1v) is 29.6. The van der Waals surface area contributed by atoms with Crippen molar-refractivity contribution in [1.29, 1.82) is 0 Å². The van der Waals surface area contributed by atoms with Crippen molar-refractivity contribution in [1.82, 2.24) is 0 Å². The van der Waals surface area contributed by atoms with Gasteiger partial charge in [-0.2, -0.15) is 37.9 Å². The molecule has 0 saturated heterocycles. The van der Waals surface area contributed by atoms with Crippen LogP contribution in [0.3, 0.4) is 0 Å². The standard InChI is InChI=1S/C57H102O7S3/c1-4-7-10-13-16-19-22-25-28-31-34-37-40-46-54(48(65)43-51(58)59)47(41-38-35-32-29-26-23-20-17-14-11-8-5-2)56(50(67)45-53(62)63)57(55(46)49(66)44-52(60)61)64-42-39-36-33-30-27-24-21-18-15-12-9-6-3/h48-50,65-67H,4-45H2,1-3H3,(H,58,59)(H,60,61)(H,62,63). The predicted octanol–water partition coefficient (Wildman–Crippen LogP) is 18.6. The largest absolute Gasteiger partial charge is 0.493 e. The van der Waals surface area contributed by atoms with Crippen molar-refractivity contribution in [3.8, 4) is 5.75 Å². The molecule has 7 nitrogen and oxygen atoms in total. The minimum Gasteiger partial charge on any atom is -0.493 e. The third-order valence-corrected chi connectivity index (χ3v) is 15.0. The molecule has 1 aromatic rings. The number of unbranched alkanes of at least 4 members (excludes halogenated alkanes) is 33. The van der Waals surface area contributed by atoms with Crippen LogP contribution in [0.5, 0.6) is 5.75 Å². The normalized spacial score (nSPS) is 12.9. The molecule has 3 N–H and O–H groups in total. The highest BCUT2D eigenvalue weighted by Crippen LogP contribution is 2.50. The molecule has 0 heterocycles. The molecule has 3 unspecified atom stereocenters. The predicted molar refractivity (Wildman–Crippen MR) is 295 cm³/mol. The Morgan fingerprint density at radius 1 is 0.358 bits per heavy atom. The summed E-state index contributed by atoms with van der Waals surface area (Å²) in [7, 11) is 0. The summed E-state index contributed by atoms with van der Waals surface area (Å²) in [4.78, 5) is 37.3. The lowest BCUT2D eigenvalue weighted by Gasteiger charge is -2.32. The number of rotatable bonds is 49. The average molecular weight is 996 g/mol. The highest BCUT2D eigenvalue weighted by molar-refractivity contribution is 7.81. The number of hydrogen-bond acceptors (Lipinski definition) is 7. The van der Waals surface area contributed by atoms with E-state index in [4.69, 9.17) is 42.6 Å². The van der Waals surface area contributed by atoms with Crippen LogP contribution in [0, 0.1) is 0 Å². The van der Waals surface area contributed by atoms with Crippen LogP contribution in [0.15, 0.2) is 0 Å². The summed E-state index contributed by atoms with van der Waals surface area (Å²) in [5.41, 5.74) is 3.91. The second-order valence-corrected chi connectivity index (χ2v) is 21.8. The van der Waals surface area contributed by atoms with E-state index in [-0.39, 0.29) is 19.3 Å². The molecule has 0 saturated carbocycles. The van der Waals surface area contributed by atoms with Gasteiger partial charge in [0.25, 0.3) is 0 Å². The van der Waals surface area contributed by atoms with Gasteiger partial charge in [-0.05, 0) is 48.8 Å². The first kappa shape index (κ1) is 63.5. The Morgan fingerprint density at radius 3 is 0.836 bits per heavy atom. The maximum atomic E-state index is 12.4. The molecular weight excluding hydrogens is 893 g/mol. The Hall–Kier alpha value is -1.52. The fraction of sp³-hybridized carbons (Fsp3) is 0.842. The van der Waals surface area contributed by atoms with Gasteiger partial charge in [0.05, 0.1) is 25.9 Å². The third-order valence-electron chi connectivity index (χ3n) is 13.7. The van der Waals surface area contributed by atoms with Crippen LogP contribution < -0.4 is 4.74 Å². The summed E-state index contributed by atoms with van der Waals surface area (Å²) in [5.74, 6) is -2.43. The van der Waals surface area contributed by atoms with E-state index in [1.165, 1.54) is 173 Å². The molecule has 0 bridgehead atoms. The number of carboxylic acids is 3. The van der Waals surface area contributed by atoms with Crippen LogP contribution in [0.1, 0.15) is 315 Å². The van der Waals surface area contributed by atoms with Crippen LogP contribution >= 0.6 is 37.9 Å². The monoisotopic (exact) mass is 995 g/mol. The first-order chi connectivity index (χ1) is 32.5. The van der Waals surface area contributed by atoms with E-state index in [0.717, 1.165) is 74.5 Å². The summed E-state index contributed by atoms with van der Waals surface area (Å²) >= 11 is 15.0. The van der Waals surface area contributed by atoms with E-state index in [1.54, 1.807) is 0 Å². The van der Waals surface area contributed by atoms with Gasteiger partial charge in [-0.15, -0.1) is 0 Å². The molecule has 0 amide bonds. The molecule has 0 radical (unpaired) electrons. The second kappa shape index (κ2) is 43.3. The molecule has 10 heteroatoms. The smallest absolute Gasteiger partial charge is 0.304 e. The molecule has 0 aliphatic heterocycles. The van der Waals surface area contributed by atoms with E-state index in [9.17, 15) is 29.7 Å². The van der Waals surface area contributed by atoms with Crippen LogP contribution in [0.2, 0.25) is 0 Å².